The molecule has 2 rings (SSSR count). The van der Waals surface area contributed by atoms with Crippen molar-refractivity contribution in [3.63, 3.8) is 0 Å². The summed E-state index contributed by atoms with van der Waals surface area (Å²) in [5, 5.41) is 12.2. The molecule has 1 unspecified atom stereocenters. The second-order valence-corrected chi connectivity index (χ2v) is 5.55. The summed E-state index contributed by atoms with van der Waals surface area (Å²) in [6, 6.07) is 8.23. The average molecular weight is 257 g/mol. The van der Waals surface area contributed by atoms with E-state index in [1.165, 1.54) is 37.1 Å². The monoisotopic (exact) mass is 257 g/mol. The maximum atomic E-state index is 8.90. The van der Waals surface area contributed by atoms with E-state index in [1.54, 1.807) is 0 Å². The molecule has 1 heterocycles. The van der Waals surface area contributed by atoms with Crippen molar-refractivity contribution in [1.82, 2.24) is 10.2 Å². The van der Waals surface area contributed by atoms with Gasteiger partial charge in [0.25, 0.3) is 0 Å². The molecular formula is C16H23N3. The molecule has 19 heavy (non-hydrogen) atoms. The van der Waals surface area contributed by atoms with Crippen molar-refractivity contribution in [2.45, 2.75) is 26.3 Å². The van der Waals surface area contributed by atoms with Crippen molar-refractivity contribution in [3.8, 4) is 6.07 Å². The molecule has 1 aliphatic heterocycles. The zero-order valence-electron chi connectivity index (χ0n) is 11.9. The predicted octanol–water partition coefficient (Wildman–Crippen LogP) is 2.30. The van der Waals surface area contributed by atoms with Crippen LogP contribution in [0.4, 0.5) is 0 Å². The molecule has 1 aromatic carbocycles. The second kappa shape index (κ2) is 6.70. The normalized spacial score (nSPS) is 20.2. The van der Waals surface area contributed by atoms with Gasteiger partial charge in [-0.25, -0.2) is 0 Å². The van der Waals surface area contributed by atoms with Crippen LogP contribution in [0, 0.1) is 24.2 Å². The van der Waals surface area contributed by atoms with Crippen molar-refractivity contribution in [2.24, 2.45) is 5.92 Å². The lowest BCUT2D eigenvalue weighted by atomic mass is 9.97. The van der Waals surface area contributed by atoms with Gasteiger partial charge in [0.15, 0.2) is 0 Å². The highest BCUT2D eigenvalue weighted by atomic mass is 15.1. The van der Waals surface area contributed by atoms with E-state index in [9.17, 15) is 0 Å². The van der Waals surface area contributed by atoms with Crippen LogP contribution in [0.1, 0.15) is 29.5 Å². The maximum absolute atomic E-state index is 8.90. The molecule has 102 valence electrons. The van der Waals surface area contributed by atoms with Gasteiger partial charge in [-0.2, -0.15) is 5.26 Å². The quantitative estimate of drug-likeness (QED) is 0.899. The van der Waals surface area contributed by atoms with Crippen molar-refractivity contribution in [2.75, 3.05) is 26.7 Å². The van der Waals surface area contributed by atoms with Crippen LogP contribution in [0.3, 0.4) is 0 Å². The lowest BCUT2D eigenvalue weighted by Crippen LogP contribution is -2.38. The van der Waals surface area contributed by atoms with Gasteiger partial charge in [0.05, 0.1) is 11.6 Å². The fourth-order valence-electron chi connectivity index (χ4n) is 2.93. The predicted molar refractivity (Wildman–Crippen MR) is 77.8 cm³/mol. The molecule has 1 saturated heterocycles. The number of rotatable bonds is 4. The first kappa shape index (κ1) is 14.0. The van der Waals surface area contributed by atoms with E-state index >= 15 is 0 Å². The molecule has 1 fully saturated rings. The van der Waals surface area contributed by atoms with E-state index in [1.807, 2.05) is 19.2 Å². The van der Waals surface area contributed by atoms with E-state index in [-0.39, 0.29) is 0 Å². The van der Waals surface area contributed by atoms with Gasteiger partial charge in [0.1, 0.15) is 0 Å². The van der Waals surface area contributed by atoms with Crippen LogP contribution in [-0.2, 0) is 6.54 Å². The number of aryl methyl sites for hydroxylation is 1. The minimum atomic E-state index is 0.757. The van der Waals surface area contributed by atoms with Crippen molar-refractivity contribution >= 4 is 0 Å². The highest BCUT2D eigenvalue weighted by Gasteiger charge is 2.19. The Labute approximate surface area is 116 Å². The minimum Gasteiger partial charge on any atom is -0.319 e. The van der Waals surface area contributed by atoms with Crippen LogP contribution in [-0.4, -0.2) is 31.6 Å². The molecule has 1 N–H and O–H groups in total. The molecule has 1 atom stereocenters. The Bertz CT molecular complexity index is 460. The number of likely N-dealkylation sites (tertiary alicyclic amines) is 1. The molecule has 0 radical (unpaired) electrons. The van der Waals surface area contributed by atoms with Crippen LogP contribution in [0.25, 0.3) is 0 Å². The smallest absolute Gasteiger partial charge is 0.0991 e. The van der Waals surface area contributed by atoms with Crippen LogP contribution in [0.15, 0.2) is 18.2 Å². The van der Waals surface area contributed by atoms with Crippen LogP contribution in [0.5, 0.6) is 0 Å². The molecule has 0 spiro atoms. The number of nitrogens with zero attached hydrogens (tertiary/aromatic N) is 2. The van der Waals surface area contributed by atoms with E-state index in [2.05, 4.69) is 29.3 Å². The van der Waals surface area contributed by atoms with E-state index in [0.717, 1.165) is 24.6 Å². The van der Waals surface area contributed by atoms with Gasteiger partial charge in [-0.15, -0.1) is 0 Å². The number of nitriles is 1. The number of hydrogen-bond acceptors (Lipinski definition) is 3. The Balaban J connectivity index is 1.99. The lowest BCUT2D eigenvalue weighted by Gasteiger charge is -2.33. The Morgan fingerprint density at radius 1 is 1.47 bits per heavy atom. The van der Waals surface area contributed by atoms with Gasteiger partial charge in [-0.3, -0.25) is 4.90 Å². The zero-order valence-corrected chi connectivity index (χ0v) is 11.9. The third-order valence-corrected chi connectivity index (χ3v) is 3.96. The summed E-state index contributed by atoms with van der Waals surface area (Å²) >= 11 is 0. The molecule has 1 aromatic rings. The van der Waals surface area contributed by atoms with Crippen LogP contribution < -0.4 is 5.32 Å². The van der Waals surface area contributed by atoms with Crippen molar-refractivity contribution in [3.05, 3.63) is 34.9 Å². The Morgan fingerprint density at radius 3 is 3.00 bits per heavy atom. The van der Waals surface area contributed by atoms with Crippen molar-refractivity contribution < 1.29 is 0 Å². The number of hydrogen-bond donors (Lipinski definition) is 1. The molecule has 0 bridgehead atoms. The fourth-order valence-corrected chi connectivity index (χ4v) is 2.93. The van der Waals surface area contributed by atoms with Gasteiger partial charge in [-0.1, -0.05) is 6.07 Å². The van der Waals surface area contributed by atoms with Gasteiger partial charge < -0.3 is 5.32 Å². The van der Waals surface area contributed by atoms with E-state index in [4.69, 9.17) is 5.26 Å². The summed E-state index contributed by atoms with van der Waals surface area (Å²) < 4.78 is 0. The average Bonchev–Trinajstić information content (AvgIpc) is 2.42. The summed E-state index contributed by atoms with van der Waals surface area (Å²) in [5.41, 5.74) is 3.34. The van der Waals surface area contributed by atoms with Gasteiger partial charge >= 0.3 is 0 Å². The Hall–Kier alpha value is -1.37. The summed E-state index contributed by atoms with van der Waals surface area (Å²) in [5.74, 6) is 0.775. The Kier molecular flexibility index (Phi) is 4.95. The lowest BCUT2D eigenvalue weighted by molar-refractivity contribution is 0.166. The topological polar surface area (TPSA) is 39.1 Å². The second-order valence-electron chi connectivity index (χ2n) is 5.55. The van der Waals surface area contributed by atoms with Crippen LogP contribution >= 0.6 is 0 Å². The number of benzene rings is 1. The first-order chi connectivity index (χ1) is 9.22. The molecule has 0 amide bonds. The first-order valence-electron chi connectivity index (χ1n) is 7.09. The molecule has 1 aliphatic rings. The third-order valence-electron chi connectivity index (χ3n) is 3.96. The van der Waals surface area contributed by atoms with Crippen LogP contribution in [0.2, 0.25) is 0 Å². The van der Waals surface area contributed by atoms with Gasteiger partial charge in [-0.05, 0) is 69.1 Å². The highest BCUT2D eigenvalue weighted by molar-refractivity contribution is 5.37. The fraction of sp³-hybridized carbons (Fsp3) is 0.562. The van der Waals surface area contributed by atoms with E-state index < -0.39 is 0 Å². The number of piperidine rings is 1. The minimum absolute atomic E-state index is 0.757. The zero-order chi connectivity index (χ0) is 13.7. The third kappa shape index (κ3) is 3.79. The molecule has 0 aromatic heterocycles. The summed E-state index contributed by atoms with van der Waals surface area (Å²) in [7, 11) is 2.03. The molecule has 0 aliphatic carbocycles. The molecular weight excluding hydrogens is 234 g/mol. The number of nitrogens with one attached hydrogen (secondary N) is 1. The summed E-state index contributed by atoms with van der Waals surface area (Å²) in [6.07, 6.45) is 2.63. The molecule has 0 saturated carbocycles. The van der Waals surface area contributed by atoms with Gasteiger partial charge in [0, 0.05) is 13.1 Å². The Morgan fingerprint density at radius 2 is 2.32 bits per heavy atom. The maximum Gasteiger partial charge on any atom is 0.0991 e. The first-order valence-corrected chi connectivity index (χ1v) is 7.09. The summed E-state index contributed by atoms with van der Waals surface area (Å²) in [4.78, 5) is 2.54. The molecule has 3 heteroatoms. The van der Waals surface area contributed by atoms with Gasteiger partial charge in [0.2, 0.25) is 0 Å². The highest BCUT2D eigenvalue weighted by Crippen LogP contribution is 2.20. The van der Waals surface area contributed by atoms with E-state index in [0.29, 0.717) is 0 Å². The molecule has 3 nitrogen and oxygen atoms in total. The largest absolute Gasteiger partial charge is 0.319 e. The SMILES string of the molecule is CNCC1CCCN(Cc2ccc(C#N)cc2C)C1. The summed E-state index contributed by atoms with van der Waals surface area (Å²) in [6.45, 7) is 6.60. The van der Waals surface area contributed by atoms with Crippen molar-refractivity contribution in [1.29, 1.82) is 5.26 Å². The standard InChI is InChI=1S/C16H23N3/c1-13-8-14(9-17)5-6-16(13)12-19-7-3-4-15(11-19)10-18-2/h5-6,8,15,18H,3-4,7,10-12H2,1-2H3.